The number of fused-ring (bicyclic) bond motifs is 1. The molecule has 1 atom stereocenters. The monoisotopic (exact) mass is 224 g/mol. The minimum atomic E-state index is 0.116. The number of nitriles is 1. The van der Waals surface area contributed by atoms with Crippen LogP contribution in [0.3, 0.4) is 0 Å². The Kier molecular flexibility index (Phi) is 3.41. The van der Waals surface area contributed by atoms with E-state index in [9.17, 15) is 0 Å². The standard InChI is InChI=1S/C15H16N2/c1-11-3-4-13-10-14(6-5-12(13)9-11)15(17-2)7-8-16/h3-6,9-10,15,17H,7H2,1-2H3. The van der Waals surface area contributed by atoms with E-state index in [1.807, 2.05) is 7.05 Å². The second-order valence-corrected chi connectivity index (χ2v) is 4.31. The number of nitrogens with zero attached hydrogens (tertiary/aromatic N) is 1. The number of hydrogen-bond donors (Lipinski definition) is 1. The van der Waals surface area contributed by atoms with Gasteiger partial charge >= 0.3 is 0 Å². The maximum Gasteiger partial charge on any atom is 0.0641 e. The number of nitrogens with one attached hydrogen (secondary N) is 1. The van der Waals surface area contributed by atoms with Crippen LogP contribution in [0.1, 0.15) is 23.6 Å². The van der Waals surface area contributed by atoms with E-state index < -0.39 is 0 Å². The Balaban J connectivity index is 2.44. The first-order chi connectivity index (χ1) is 8.24. The van der Waals surface area contributed by atoms with E-state index in [-0.39, 0.29) is 6.04 Å². The Labute approximate surface area is 102 Å². The van der Waals surface area contributed by atoms with Gasteiger partial charge in [0.05, 0.1) is 12.5 Å². The Morgan fingerprint density at radius 3 is 2.59 bits per heavy atom. The van der Waals surface area contributed by atoms with E-state index >= 15 is 0 Å². The highest BCUT2D eigenvalue weighted by atomic mass is 14.9. The molecular weight excluding hydrogens is 208 g/mol. The third-order valence-electron chi connectivity index (χ3n) is 3.07. The molecule has 0 bridgehead atoms. The smallest absolute Gasteiger partial charge is 0.0641 e. The van der Waals surface area contributed by atoms with Gasteiger partial charge in [-0.25, -0.2) is 0 Å². The highest BCUT2D eigenvalue weighted by molar-refractivity contribution is 5.83. The van der Waals surface area contributed by atoms with Crippen LogP contribution in [0, 0.1) is 18.3 Å². The Morgan fingerprint density at radius 1 is 1.18 bits per heavy atom. The van der Waals surface area contributed by atoms with E-state index in [0.29, 0.717) is 6.42 Å². The molecule has 0 fully saturated rings. The molecule has 0 heterocycles. The molecule has 17 heavy (non-hydrogen) atoms. The Hall–Kier alpha value is -1.85. The van der Waals surface area contributed by atoms with Crippen molar-refractivity contribution in [3.63, 3.8) is 0 Å². The number of hydrogen-bond acceptors (Lipinski definition) is 2. The first-order valence-electron chi connectivity index (χ1n) is 5.79. The summed E-state index contributed by atoms with van der Waals surface area (Å²) in [6.45, 7) is 2.10. The first-order valence-corrected chi connectivity index (χ1v) is 5.79. The molecule has 0 amide bonds. The van der Waals surface area contributed by atoms with Crippen molar-refractivity contribution in [2.45, 2.75) is 19.4 Å². The van der Waals surface area contributed by atoms with Crippen LogP contribution in [0.4, 0.5) is 0 Å². The maximum atomic E-state index is 8.79. The van der Waals surface area contributed by atoms with Gasteiger partial charge in [0.2, 0.25) is 0 Å². The lowest BCUT2D eigenvalue weighted by atomic mass is 9.99. The van der Waals surface area contributed by atoms with E-state index in [2.05, 4.69) is 54.7 Å². The average molecular weight is 224 g/mol. The van der Waals surface area contributed by atoms with Gasteiger partial charge < -0.3 is 5.32 Å². The molecule has 0 saturated heterocycles. The van der Waals surface area contributed by atoms with Crippen LogP contribution in [-0.2, 0) is 0 Å². The minimum Gasteiger partial charge on any atom is -0.312 e. The fraction of sp³-hybridized carbons (Fsp3) is 0.267. The second kappa shape index (κ2) is 4.99. The molecule has 2 aromatic carbocycles. The molecule has 0 aromatic heterocycles. The van der Waals surface area contributed by atoms with Gasteiger partial charge in [-0.15, -0.1) is 0 Å². The molecule has 0 radical (unpaired) electrons. The van der Waals surface area contributed by atoms with Crippen LogP contribution >= 0.6 is 0 Å². The third kappa shape index (κ3) is 2.46. The summed E-state index contributed by atoms with van der Waals surface area (Å²) in [4.78, 5) is 0. The molecule has 0 spiro atoms. The predicted octanol–water partition coefficient (Wildman–Crippen LogP) is 3.32. The molecule has 0 aliphatic carbocycles. The summed E-state index contributed by atoms with van der Waals surface area (Å²) in [6, 6.07) is 15.1. The fourth-order valence-corrected chi connectivity index (χ4v) is 2.08. The quantitative estimate of drug-likeness (QED) is 0.868. The second-order valence-electron chi connectivity index (χ2n) is 4.31. The van der Waals surface area contributed by atoms with Crippen molar-refractivity contribution in [2.24, 2.45) is 0 Å². The van der Waals surface area contributed by atoms with Crippen molar-refractivity contribution in [3.8, 4) is 6.07 Å². The van der Waals surface area contributed by atoms with E-state index in [1.54, 1.807) is 0 Å². The zero-order valence-electron chi connectivity index (χ0n) is 10.2. The molecule has 86 valence electrons. The highest BCUT2D eigenvalue weighted by Crippen LogP contribution is 2.22. The lowest BCUT2D eigenvalue weighted by molar-refractivity contribution is 0.609. The SMILES string of the molecule is CNC(CC#N)c1ccc2cc(C)ccc2c1. The molecular formula is C15H16N2. The van der Waals surface area contributed by atoms with Gasteiger partial charge in [0.15, 0.2) is 0 Å². The summed E-state index contributed by atoms with van der Waals surface area (Å²) in [7, 11) is 1.89. The largest absolute Gasteiger partial charge is 0.312 e. The zero-order valence-corrected chi connectivity index (χ0v) is 10.2. The van der Waals surface area contributed by atoms with Gasteiger partial charge in [0, 0.05) is 6.04 Å². The van der Waals surface area contributed by atoms with Crippen LogP contribution in [0.25, 0.3) is 10.8 Å². The first kappa shape index (κ1) is 11.6. The lowest BCUT2D eigenvalue weighted by Crippen LogP contribution is -2.15. The molecule has 2 aromatic rings. The molecule has 1 N–H and O–H groups in total. The number of aryl methyl sites for hydroxylation is 1. The van der Waals surface area contributed by atoms with Gasteiger partial charge in [-0.05, 0) is 36.4 Å². The molecule has 1 unspecified atom stereocenters. The third-order valence-corrected chi connectivity index (χ3v) is 3.07. The molecule has 0 aliphatic heterocycles. The van der Waals surface area contributed by atoms with E-state index in [1.165, 1.54) is 21.9 Å². The normalized spacial score (nSPS) is 12.3. The molecule has 2 nitrogen and oxygen atoms in total. The van der Waals surface area contributed by atoms with Crippen molar-refractivity contribution in [1.29, 1.82) is 5.26 Å². The van der Waals surface area contributed by atoms with Gasteiger partial charge in [-0.1, -0.05) is 35.9 Å². The van der Waals surface area contributed by atoms with Crippen molar-refractivity contribution in [3.05, 3.63) is 47.5 Å². The topological polar surface area (TPSA) is 35.8 Å². The highest BCUT2D eigenvalue weighted by Gasteiger charge is 2.08. The van der Waals surface area contributed by atoms with Gasteiger partial charge in [0.1, 0.15) is 0 Å². The van der Waals surface area contributed by atoms with Crippen LogP contribution in [0.15, 0.2) is 36.4 Å². The van der Waals surface area contributed by atoms with Crippen molar-refractivity contribution in [1.82, 2.24) is 5.32 Å². The van der Waals surface area contributed by atoms with Crippen LogP contribution in [0.5, 0.6) is 0 Å². The van der Waals surface area contributed by atoms with Gasteiger partial charge in [-0.3, -0.25) is 0 Å². The molecule has 2 rings (SSSR count). The van der Waals surface area contributed by atoms with Crippen molar-refractivity contribution < 1.29 is 0 Å². The summed E-state index contributed by atoms with van der Waals surface area (Å²) in [5, 5.41) is 14.4. The predicted molar refractivity (Wildman–Crippen MR) is 70.7 cm³/mol. The maximum absolute atomic E-state index is 8.79. The Bertz CT molecular complexity index is 567. The molecule has 2 heteroatoms. The van der Waals surface area contributed by atoms with E-state index in [4.69, 9.17) is 5.26 Å². The number of benzene rings is 2. The van der Waals surface area contributed by atoms with E-state index in [0.717, 1.165) is 0 Å². The lowest BCUT2D eigenvalue weighted by Gasteiger charge is -2.13. The summed E-state index contributed by atoms with van der Waals surface area (Å²) in [6.07, 6.45) is 0.494. The van der Waals surface area contributed by atoms with Gasteiger partial charge in [-0.2, -0.15) is 5.26 Å². The van der Waals surface area contributed by atoms with Gasteiger partial charge in [0.25, 0.3) is 0 Å². The summed E-state index contributed by atoms with van der Waals surface area (Å²) in [5.41, 5.74) is 2.44. The summed E-state index contributed by atoms with van der Waals surface area (Å²) in [5.74, 6) is 0. The minimum absolute atomic E-state index is 0.116. The summed E-state index contributed by atoms with van der Waals surface area (Å²) >= 11 is 0. The fourth-order valence-electron chi connectivity index (χ4n) is 2.08. The summed E-state index contributed by atoms with van der Waals surface area (Å²) < 4.78 is 0. The van der Waals surface area contributed by atoms with Crippen molar-refractivity contribution >= 4 is 10.8 Å². The zero-order chi connectivity index (χ0) is 12.3. The number of rotatable bonds is 3. The molecule has 0 aliphatic rings. The Morgan fingerprint density at radius 2 is 1.88 bits per heavy atom. The van der Waals surface area contributed by atoms with Crippen LogP contribution in [-0.4, -0.2) is 7.05 Å². The molecule has 0 saturated carbocycles. The average Bonchev–Trinajstić information content (AvgIpc) is 2.35. The van der Waals surface area contributed by atoms with Crippen molar-refractivity contribution in [2.75, 3.05) is 7.05 Å². The van der Waals surface area contributed by atoms with Crippen LogP contribution in [0.2, 0.25) is 0 Å². The van der Waals surface area contributed by atoms with Crippen LogP contribution < -0.4 is 5.32 Å².